The van der Waals surface area contributed by atoms with Crippen molar-refractivity contribution in [2.45, 2.75) is 18.8 Å². The zero-order valence-corrected chi connectivity index (χ0v) is 10.1. The summed E-state index contributed by atoms with van der Waals surface area (Å²) >= 11 is 0. The molecule has 0 fully saturated rings. The predicted molar refractivity (Wildman–Crippen MR) is 60.4 cm³/mol. The molecule has 0 saturated heterocycles. The number of alkyl halides is 2. The van der Waals surface area contributed by atoms with Crippen LogP contribution in [0.4, 0.5) is 8.78 Å². The number of halogens is 2. The van der Waals surface area contributed by atoms with Gasteiger partial charge in [0.1, 0.15) is 6.42 Å². The molecule has 0 radical (unpaired) electrons. The summed E-state index contributed by atoms with van der Waals surface area (Å²) in [6, 6.07) is 4.37. The number of carbonyl (C=O) groups is 1. The highest BCUT2D eigenvalue weighted by Crippen LogP contribution is 2.31. The van der Waals surface area contributed by atoms with E-state index in [4.69, 9.17) is 14.6 Å². The van der Waals surface area contributed by atoms with Crippen molar-refractivity contribution in [3.8, 4) is 11.5 Å². The van der Waals surface area contributed by atoms with Gasteiger partial charge in [0.2, 0.25) is 0 Å². The van der Waals surface area contributed by atoms with Crippen molar-refractivity contribution in [3.05, 3.63) is 23.8 Å². The van der Waals surface area contributed by atoms with E-state index in [2.05, 4.69) is 0 Å². The van der Waals surface area contributed by atoms with Crippen LogP contribution in [0.1, 0.15) is 12.0 Å². The number of benzene rings is 1. The Morgan fingerprint density at radius 1 is 1.28 bits per heavy atom. The fraction of sp³-hybridized carbons (Fsp3) is 0.417. The Morgan fingerprint density at radius 2 is 1.89 bits per heavy atom. The van der Waals surface area contributed by atoms with Crippen LogP contribution in [-0.4, -0.2) is 31.2 Å². The van der Waals surface area contributed by atoms with Crippen LogP contribution in [-0.2, 0) is 11.2 Å². The Bertz CT molecular complexity index is 432. The molecule has 6 heteroatoms. The summed E-state index contributed by atoms with van der Waals surface area (Å²) in [4.78, 5) is 10.3. The second-order valence-corrected chi connectivity index (χ2v) is 3.79. The quantitative estimate of drug-likeness (QED) is 0.853. The van der Waals surface area contributed by atoms with Crippen LogP contribution >= 0.6 is 0 Å². The number of aliphatic carboxylic acids is 1. The monoisotopic (exact) mass is 260 g/mol. The molecule has 0 atom stereocenters. The predicted octanol–water partition coefficient (Wildman–Crippen LogP) is 2.36. The van der Waals surface area contributed by atoms with E-state index in [9.17, 15) is 13.6 Å². The molecule has 0 spiro atoms. The third-order valence-corrected chi connectivity index (χ3v) is 2.32. The first kappa shape index (κ1) is 14.2. The van der Waals surface area contributed by atoms with Gasteiger partial charge < -0.3 is 14.6 Å². The Hall–Kier alpha value is -1.85. The van der Waals surface area contributed by atoms with Gasteiger partial charge in [-0.3, -0.25) is 4.79 Å². The number of carboxylic acid groups (broad SMARTS) is 1. The number of hydrogen-bond acceptors (Lipinski definition) is 3. The molecule has 0 amide bonds. The fourth-order valence-corrected chi connectivity index (χ4v) is 1.57. The van der Waals surface area contributed by atoms with Crippen LogP contribution in [0.15, 0.2) is 18.2 Å². The van der Waals surface area contributed by atoms with Gasteiger partial charge in [0.05, 0.1) is 14.2 Å². The van der Waals surface area contributed by atoms with E-state index in [0.717, 1.165) is 0 Å². The second-order valence-electron chi connectivity index (χ2n) is 3.79. The molecule has 0 saturated carbocycles. The lowest BCUT2D eigenvalue weighted by Gasteiger charge is -2.15. The third-order valence-electron chi connectivity index (χ3n) is 2.32. The highest BCUT2D eigenvalue weighted by atomic mass is 19.3. The first-order chi connectivity index (χ1) is 8.38. The van der Waals surface area contributed by atoms with E-state index >= 15 is 0 Å². The smallest absolute Gasteiger partial charge is 0.309 e. The molecule has 1 aromatic rings. The molecule has 0 bridgehead atoms. The van der Waals surface area contributed by atoms with Crippen molar-refractivity contribution in [2.75, 3.05) is 14.2 Å². The molecular weight excluding hydrogens is 246 g/mol. The average Bonchev–Trinajstić information content (AvgIpc) is 2.26. The Balaban J connectivity index is 2.88. The number of ether oxygens (including phenoxy) is 2. The average molecular weight is 260 g/mol. The molecule has 4 nitrogen and oxygen atoms in total. The molecular formula is C12H14F2O4. The minimum absolute atomic E-state index is 0.291. The molecule has 0 aromatic heterocycles. The van der Waals surface area contributed by atoms with Gasteiger partial charge in [-0.1, -0.05) is 6.07 Å². The van der Waals surface area contributed by atoms with E-state index in [1.54, 1.807) is 0 Å². The van der Waals surface area contributed by atoms with Gasteiger partial charge in [-0.15, -0.1) is 0 Å². The van der Waals surface area contributed by atoms with Crippen molar-refractivity contribution in [1.82, 2.24) is 0 Å². The van der Waals surface area contributed by atoms with Crippen molar-refractivity contribution >= 4 is 5.97 Å². The van der Waals surface area contributed by atoms with Gasteiger partial charge in [0.25, 0.3) is 5.92 Å². The summed E-state index contributed by atoms with van der Waals surface area (Å²) in [6.45, 7) is 0. The zero-order chi connectivity index (χ0) is 13.8. The topological polar surface area (TPSA) is 55.8 Å². The second kappa shape index (κ2) is 5.66. The van der Waals surface area contributed by atoms with Crippen LogP contribution in [0.2, 0.25) is 0 Å². The Morgan fingerprint density at radius 3 is 2.39 bits per heavy atom. The zero-order valence-electron chi connectivity index (χ0n) is 10.1. The SMILES string of the molecule is COc1ccc(CC(F)(F)CC(=O)O)cc1OC. The molecule has 0 unspecified atom stereocenters. The third kappa shape index (κ3) is 3.87. The molecule has 100 valence electrons. The van der Waals surface area contributed by atoms with E-state index in [0.29, 0.717) is 17.1 Å². The van der Waals surface area contributed by atoms with E-state index in [-0.39, 0.29) is 0 Å². The highest BCUT2D eigenvalue weighted by molar-refractivity contribution is 5.67. The number of hydrogen-bond donors (Lipinski definition) is 1. The molecule has 1 rings (SSSR count). The first-order valence-corrected chi connectivity index (χ1v) is 5.18. The standard InChI is InChI=1S/C12H14F2O4/c1-17-9-4-3-8(5-10(9)18-2)6-12(13,14)7-11(15)16/h3-5H,6-7H2,1-2H3,(H,15,16). The first-order valence-electron chi connectivity index (χ1n) is 5.18. The van der Waals surface area contributed by atoms with Crippen LogP contribution in [0.5, 0.6) is 11.5 Å². The summed E-state index contributed by atoms with van der Waals surface area (Å²) < 4.78 is 36.6. The molecule has 0 aliphatic rings. The van der Waals surface area contributed by atoms with Crippen molar-refractivity contribution < 1.29 is 28.2 Å². The lowest BCUT2D eigenvalue weighted by atomic mass is 10.0. The molecule has 18 heavy (non-hydrogen) atoms. The van der Waals surface area contributed by atoms with E-state index in [1.807, 2.05) is 0 Å². The van der Waals surface area contributed by atoms with Crippen molar-refractivity contribution in [3.63, 3.8) is 0 Å². The van der Waals surface area contributed by atoms with Crippen molar-refractivity contribution in [2.24, 2.45) is 0 Å². The van der Waals surface area contributed by atoms with Crippen LogP contribution in [0.25, 0.3) is 0 Å². The highest BCUT2D eigenvalue weighted by Gasteiger charge is 2.32. The molecule has 1 N–H and O–H groups in total. The van der Waals surface area contributed by atoms with E-state index in [1.165, 1.54) is 32.4 Å². The van der Waals surface area contributed by atoms with Crippen molar-refractivity contribution in [1.29, 1.82) is 0 Å². The summed E-state index contributed by atoms with van der Waals surface area (Å²) in [5.74, 6) is -4.05. The Kier molecular flexibility index (Phi) is 4.47. The van der Waals surface area contributed by atoms with Gasteiger partial charge in [0, 0.05) is 6.42 Å². The molecule has 0 heterocycles. The molecule has 0 aliphatic carbocycles. The maximum Gasteiger partial charge on any atom is 0.309 e. The Labute approximate surface area is 103 Å². The summed E-state index contributed by atoms with van der Waals surface area (Å²) in [7, 11) is 2.84. The minimum atomic E-state index is -3.29. The lowest BCUT2D eigenvalue weighted by Crippen LogP contribution is -2.23. The fourth-order valence-electron chi connectivity index (χ4n) is 1.57. The van der Waals surface area contributed by atoms with Gasteiger partial charge in [0.15, 0.2) is 11.5 Å². The number of methoxy groups -OCH3 is 2. The number of rotatable bonds is 6. The van der Waals surface area contributed by atoms with Crippen LogP contribution in [0.3, 0.4) is 0 Å². The van der Waals surface area contributed by atoms with Gasteiger partial charge >= 0.3 is 5.97 Å². The summed E-state index contributed by atoms with van der Waals surface area (Å²) in [5, 5.41) is 8.39. The maximum absolute atomic E-state index is 13.3. The molecule has 0 aliphatic heterocycles. The van der Waals surface area contributed by atoms with Gasteiger partial charge in [-0.25, -0.2) is 8.78 Å². The summed E-state index contributed by atoms with van der Waals surface area (Å²) in [5.41, 5.74) is 0.291. The summed E-state index contributed by atoms with van der Waals surface area (Å²) in [6.07, 6.45) is -1.85. The van der Waals surface area contributed by atoms with Crippen LogP contribution in [0, 0.1) is 0 Å². The normalized spacial score (nSPS) is 11.1. The number of carboxylic acids is 1. The van der Waals surface area contributed by atoms with Gasteiger partial charge in [-0.2, -0.15) is 0 Å². The minimum Gasteiger partial charge on any atom is -0.493 e. The lowest BCUT2D eigenvalue weighted by molar-refractivity contribution is -0.144. The largest absolute Gasteiger partial charge is 0.493 e. The van der Waals surface area contributed by atoms with Crippen LogP contribution < -0.4 is 9.47 Å². The van der Waals surface area contributed by atoms with Gasteiger partial charge in [-0.05, 0) is 17.7 Å². The maximum atomic E-state index is 13.3. The molecule has 1 aromatic carbocycles. The van der Waals surface area contributed by atoms with E-state index < -0.39 is 24.7 Å².